The van der Waals surface area contributed by atoms with E-state index in [1.54, 1.807) is 6.92 Å². The highest BCUT2D eigenvalue weighted by Crippen LogP contribution is 2.29. The fraction of sp³-hybridized carbons (Fsp3) is 0.850. The number of amides is 1. The van der Waals surface area contributed by atoms with Gasteiger partial charge in [0.05, 0.1) is 5.71 Å². The van der Waals surface area contributed by atoms with Crippen LogP contribution in [0.1, 0.15) is 74.1 Å². The molecule has 0 saturated carbocycles. The second-order valence-corrected chi connectivity index (χ2v) is 8.59. The molecule has 1 aliphatic rings. The lowest BCUT2D eigenvalue weighted by Gasteiger charge is -2.31. The molecule has 1 saturated heterocycles. The number of ether oxygens (including phenoxy) is 1. The molecule has 1 heterocycles. The van der Waals surface area contributed by atoms with Gasteiger partial charge in [-0.1, -0.05) is 31.8 Å². The number of rotatable bonds is 8. The zero-order valence-electron chi connectivity index (χ0n) is 17.8. The van der Waals surface area contributed by atoms with E-state index in [9.17, 15) is 14.8 Å². The highest BCUT2D eigenvalue weighted by Gasteiger charge is 2.44. The van der Waals surface area contributed by atoms with Crippen LogP contribution >= 0.6 is 0 Å². The Labute approximate surface area is 163 Å². The molecule has 0 aromatic carbocycles. The van der Waals surface area contributed by atoms with Gasteiger partial charge >= 0.3 is 5.97 Å². The molecular formula is C20H37N3O4. The summed E-state index contributed by atoms with van der Waals surface area (Å²) in [6, 6.07) is -0.835. The second kappa shape index (κ2) is 10.1. The van der Waals surface area contributed by atoms with Crippen molar-refractivity contribution in [3.05, 3.63) is 0 Å². The van der Waals surface area contributed by atoms with Crippen molar-refractivity contribution in [1.29, 1.82) is 0 Å². The van der Waals surface area contributed by atoms with E-state index in [1.807, 2.05) is 20.8 Å². The van der Waals surface area contributed by atoms with E-state index < -0.39 is 11.6 Å². The fourth-order valence-corrected chi connectivity index (χ4v) is 3.79. The molecule has 4 atom stereocenters. The SMILES string of the molecule is CCC(CC)C[C@H](NC(C)=O)[C@@H]1N[C@@H](C(=O)OC(C)(C)C)C[C@H]1/C(C)=N\O. The van der Waals surface area contributed by atoms with Gasteiger partial charge in [0.25, 0.3) is 0 Å². The lowest BCUT2D eigenvalue weighted by Crippen LogP contribution is -2.53. The molecule has 7 heteroatoms. The maximum Gasteiger partial charge on any atom is 0.323 e. The summed E-state index contributed by atoms with van der Waals surface area (Å²) in [6.45, 7) is 13.0. The van der Waals surface area contributed by atoms with Crippen molar-refractivity contribution in [3.63, 3.8) is 0 Å². The maximum atomic E-state index is 12.6. The Balaban J connectivity index is 3.08. The van der Waals surface area contributed by atoms with E-state index in [0.29, 0.717) is 18.1 Å². The number of nitrogens with one attached hydrogen (secondary N) is 2. The normalized spacial score (nSPS) is 24.7. The minimum atomic E-state index is -0.570. The Morgan fingerprint density at radius 1 is 1.26 bits per heavy atom. The minimum absolute atomic E-state index is 0.106. The Hall–Kier alpha value is -1.63. The monoisotopic (exact) mass is 383 g/mol. The molecule has 27 heavy (non-hydrogen) atoms. The molecule has 1 aliphatic heterocycles. The highest BCUT2D eigenvalue weighted by molar-refractivity contribution is 5.87. The predicted molar refractivity (Wildman–Crippen MR) is 106 cm³/mol. The largest absolute Gasteiger partial charge is 0.459 e. The average Bonchev–Trinajstić information content (AvgIpc) is 3.01. The number of oxime groups is 1. The van der Waals surface area contributed by atoms with Crippen molar-refractivity contribution in [2.45, 2.75) is 97.9 Å². The summed E-state index contributed by atoms with van der Waals surface area (Å²) < 4.78 is 5.52. The smallest absolute Gasteiger partial charge is 0.323 e. The summed E-state index contributed by atoms with van der Waals surface area (Å²) >= 11 is 0. The van der Waals surface area contributed by atoms with Gasteiger partial charge in [-0.2, -0.15) is 0 Å². The third-order valence-electron chi connectivity index (χ3n) is 5.27. The third kappa shape index (κ3) is 7.13. The Morgan fingerprint density at radius 3 is 2.30 bits per heavy atom. The molecule has 7 nitrogen and oxygen atoms in total. The Kier molecular flexibility index (Phi) is 8.72. The standard InChI is InChI=1S/C20H37N3O4/c1-8-14(9-2)10-16(21-13(4)24)18-15(12(3)23-26)11-17(22-18)19(25)27-20(5,6)7/h14-18,22,26H,8-11H2,1-7H3,(H,21,24)/b23-12-/t15-,16-,17+,18+/m0/s1. The van der Waals surface area contributed by atoms with Crippen molar-refractivity contribution >= 4 is 17.6 Å². The van der Waals surface area contributed by atoms with Gasteiger partial charge in [0.1, 0.15) is 11.6 Å². The van der Waals surface area contributed by atoms with Crippen molar-refractivity contribution in [2.24, 2.45) is 17.0 Å². The molecule has 0 aromatic rings. The van der Waals surface area contributed by atoms with Gasteiger partial charge in [-0.3, -0.25) is 14.9 Å². The number of nitrogens with zero attached hydrogens (tertiary/aromatic N) is 1. The molecule has 0 bridgehead atoms. The number of hydrogen-bond donors (Lipinski definition) is 3. The fourth-order valence-electron chi connectivity index (χ4n) is 3.79. The van der Waals surface area contributed by atoms with Crippen molar-refractivity contribution in [3.8, 4) is 0 Å². The number of hydrogen-bond acceptors (Lipinski definition) is 6. The van der Waals surface area contributed by atoms with E-state index in [2.05, 4.69) is 29.6 Å². The lowest BCUT2D eigenvalue weighted by atomic mass is 9.84. The first-order valence-electron chi connectivity index (χ1n) is 9.96. The molecule has 0 aliphatic carbocycles. The van der Waals surface area contributed by atoms with Crippen LogP contribution in [0.25, 0.3) is 0 Å². The zero-order valence-corrected chi connectivity index (χ0v) is 17.8. The third-order valence-corrected chi connectivity index (χ3v) is 5.27. The molecular weight excluding hydrogens is 346 g/mol. The van der Waals surface area contributed by atoms with E-state index in [4.69, 9.17) is 4.74 Å². The molecule has 3 N–H and O–H groups in total. The van der Waals surface area contributed by atoms with Gasteiger partial charge in [0.2, 0.25) is 5.91 Å². The quantitative estimate of drug-likeness (QED) is 0.259. The van der Waals surface area contributed by atoms with Crippen LogP contribution in [0.5, 0.6) is 0 Å². The highest BCUT2D eigenvalue weighted by atomic mass is 16.6. The molecule has 0 radical (unpaired) electrons. The lowest BCUT2D eigenvalue weighted by molar-refractivity contribution is -0.157. The summed E-state index contributed by atoms with van der Waals surface area (Å²) in [5.41, 5.74) is -0.0163. The van der Waals surface area contributed by atoms with E-state index >= 15 is 0 Å². The number of esters is 1. The first kappa shape index (κ1) is 23.4. The van der Waals surface area contributed by atoms with Crippen LogP contribution in [0.3, 0.4) is 0 Å². The molecule has 1 amide bonds. The first-order valence-corrected chi connectivity index (χ1v) is 9.96. The molecule has 0 aromatic heterocycles. The number of carbonyl (C=O) groups is 2. The Bertz CT molecular complexity index is 538. The molecule has 1 rings (SSSR count). The van der Waals surface area contributed by atoms with E-state index in [1.165, 1.54) is 6.92 Å². The summed E-state index contributed by atoms with van der Waals surface area (Å²) in [6.07, 6.45) is 3.33. The second-order valence-electron chi connectivity index (χ2n) is 8.59. The van der Waals surface area contributed by atoms with Gasteiger partial charge < -0.3 is 15.3 Å². The molecule has 1 fully saturated rings. The summed E-state index contributed by atoms with van der Waals surface area (Å²) in [5.74, 6) is -0.106. The minimum Gasteiger partial charge on any atom is -0.459 e. The molecule has 0 spiro atoms. The maximum absolute atomic E-state index is 12.6. The van der Waals surface area contributed by atoms with Crippen molar-refractivity contribution in [1.82, 2.24) is 10.6 Å². The van der Waals surface area contributed by atoms with Gasteiger partial charge in [-0.15, -0.1) is 0 Å². The van der Waals surface area contributed by atoms with Gasteiger partial charge in [0, 0.05) is 24.9 Å². The van der Waals surface area contributed by atoms with Gasteiger partial charge in [-0.05, 0) is 46.5 Å². The Morgan fingerprint density at radius 2 is 1.85 bits per heavy atom. The van der Waals surface area contributed by atoms with Crippen LogP contribution in [0, 0.1) is 11.8 Å². The average molecular weight is 384 g/mol. The van der Waals surface area contributed by atoms with Crippen LogP contribution in [0.4, 0.5) is 0 Å². The van der Waals surface area contributed by atoms with E-state index in [-0.39, 0.29) is 29.9 Å². The van der Waals surface area contributed by atoms with Crippen LogP contribution in [0.2, 0.25) is 0 Å². The van der Waals surface area contributed by atoms with Crippen molar-refractivity contribution < 1.29 is 19.5 Å². The zero-order chi connectivity index (χ0) is 20.8. The molecule has 156 valence electrons. The van der Waals surface area contributed by atoms with Gasteiger partial charge in [0.15, 0.2) is 0 Å². The predicted octanol–water partition coefficient (Wildman–Crippen LogP) is 2.86. The summed E-state index contributed by atoms with van der Waals surface area (Å²) in [7, 11) is 0. The molecule has 0 unspecified atom stereocenters. The topological polar surface area (TPSA) is 100 Å². The van der Waals surface area contributed by atoms with Crippen LogP contribution < -0.4 is 10.6 Å². The van der Waals surface area contributed by atoms with Crippen LogP contribution in [0.15, 0.2) is 5.16 Å². The first-order chi connectivity index (χ1) is 12.5. The van der Waals surface area contributed by atoms with Crippen LogP contribution in [-0.2, 0) is 14.3 Å². The van der Waals surface area contributed by atoms with Crippen LogP contribution in [-0.4, -0.2) is 46.5 Å². The summed E-state index contributed by atoms with van der Waals surface area (Å²) in [5, 5.41) is 19.1. The number of carbonyl (C=O) groups excluding carboxylic acids is 2. The van der Waals surface area contributed by atoms with Gasteiger partial charge in [-0.25, -0.2) is 0 Å². The van der Waals surface area contributed by atoms with E-state index in [0.717, 1.165) is 19.3 Å². The van der Waals surface area contributed by atoms with Crippen molar-refractivity contribution in [2.75, 3.05) is 0 Å². The summed E-state index contributed by atoms with van der Waals surface area (Å²) in [4.78, 5) is 24.4.